The summed E-state index contributed by atoms with van der Waals surface area (Å²) in [7, 11) is 0. The molecule has 6 heteroatoms. The van der Waals surface area contributed by atoms with E-state index in [0.29, 0.717) is 13.1 Å². The van der Waals surface area contributed by atoms with Gasteiger partial charge >= 0.3 is 0 Å². The molecule has 100 valence electrons. The molecule has 1 aliphatic rings. The monoisotopic (exact) mass is 395 g/mol. The number of carbonyl (C=O) groups excluding carboxylic acids is 1. The first-order valence-corrected chi connectivity index (χ1v) is 8.11. The van der Waals surface area contributed by atoms with E-state index in [1.165, 1.54) is 11.3 Å². The van der Waals surface area contributed by atoms with Crippen LogP contribution in [0.1, 0.15) is 31.1 Å². The van der Waals surface area contributed by atoms with Crippen LogP contribution in [0.3, 0.4) is 0 Å². The van der Waals surface area contributed by atoms with E-state index in [-0.39, 0.29) is 17.6 Å². The summed E-state index contributed by atoms with van der Waals surface area (Å²) in [4.78, 5) is 14.4. The Hall–Kier alpha value is 0.0900. The van der Waals surface area contributed by atoms with Gasteiger partial charge in [-0.1, -0.05) is 0 Å². The van der Waals surface area contributed by atoms with E-state index in [0.717, 1.165) is 13.1 Å². The molecule has 1 amide bonds. The minimum Gasteiger partial charge on any atom is -0.369 e. The Kier molecular flexibility index (Phi) is 4.21. The molecule has 1 fully saturated rings. The number of carbonyl (C=O) groups is 1. The normalized spacial score (nSPS) is 23.2. The van der Waals surface area contributed by atoms with Gasteiger partial charge in [-0.15, -0.1) is 11.3 Å². The molecule has 1 saturated heterocycles. The highest BCUT2D eigenvalue weighted by atomic mass is 79.9. The van der Waals surface area contributed by atoms with E-state index >= 15 is 0 Å². The Morgan fingerprint density at radius 3 is 2.72 bits per heavy atom. The largest absolute Gasteiger partial charge is 0.369 e. The molecule has 18 heavy (non-hydrogen) atoms. The van der Waals surface area contributed by atoms with Crippen molar-refractivity contribution in [3.8, 4) is 0 Å². The fourth-order valence-corrected chi connectivity index (χ4v) is 5.04. The van der Waals surface area contributed by atoms with Gasteiger partial charge in [-0.2, -0.15) is 0 Å². The molecule has 1 aromatic heterocycles. The molecule has 0 N–H and O–H groups in total. The topological polar surface area (TPSA) is 29.5 Å². The standard InChI is InChI=1S/C12H15Br2NO2S/c1-7-5-15(6-12(2,3)17-7)11(16)8-4-9(13)18-10(8)14/h4,7H,5-6H2,1-3H3. The minimum absolute atomic E-state index is 0.0621. The van der Waals surface area contributed by atoms with Crippen molar-refractivity contribution in [2.24, 2.45) is 0 Å². The third kappa shape index (κ3) is 3.15. The van der Waals surface area contributed by atoms with Crippen molar-refractivity contribution in [1.29, 1.82) is 0 Å². The van der Waals surface area contributed by atoms with Crippen LogP contribution in [0.4, 0.5) is 0 Å². The molecule has 0 radical (unpaired) electrons. The van der Waals surface area contributed by atoms with Gasteiger partial charge < -0.3 is 9.64 Å². The average molecular weight is 397 g/mol. The number of ether oxygens (including phenoxy) is 1. The van der Waals surface area contributed by atoms with Crippen LogP contribution in [0.5, 0.6) is 0 Å². The smallest absolute Gasteiger partial charge is 0.256 e. The maximum atomic E-state index is 12.5. The number of morpholine rings is 1. The molecule has 1 atom stereocenters. The molecule has 3 nitrogen and oxygen atoms in total. The lowest BCUT2D eigenvalue weighted by molar-refractivity contribution is -0.118. The molecule has 0 aromatic carbocycles. The van der Waals surface area contributed by atoms with Crippen LogP contribution in [0.2, 0.25) is 0 Å². The van der Waals surface area contributed by atoms with Crippen LogP contribution in [0.25, 0.3) is 0 Å². The van der Waals surface area contributed by atoms with Crippen LogP contribution < -0.4 is 0 Å². The highest BCUT2D eigenvalue weighted by Crippen LogP contribution is 2.33. The van der Waals surface area contributed by atoms with Crippen molar-refractivity contribution in [3.05, 3.63) is 19.2 Å². The first-order chi connectivity index (χ1) is 8.28. The molecular formula is C12H15Br2NO2S. The van der Waals surface area contributed by atoms with Gasteiger partial charge in [0, 0.05) is 13.1 Å². The van der Waals surface area contributed by atoms with Crippen molar-refractivity contribution in [1.82, 2.24) is 4.90 Å². The first kappa shape index (κ1) is 14.5. The molecular weight excluding hydrogens is 382 g/mol. The van der Waals surface area contributed by atoms with E-state index in [2.05, 4.69) is 31.9 Å². The van der Waals surface area contributed by atoms with Crippen LogP contribution in [-0.2, 0) is 4.74 Å². The number of thiophene rings is 1. The summed E-state index contributed by atoms with van der Waals surface area (Å²) in [6.45, 7) is 7.29. The van der Waals surface area contributed by atoms with Gasteiger partial charge in [0.25, 0.3) is 5.91 Å². The zero-order valence-electron chi connectivity index (χ0n) is 10.5. The summed E-state index contributed by atoms with van der Waals surface area (Å²) >= 11 is 8.36. The van der Waals surface area contributed by atoms with E-state index in [1.54, 1.807) is 0 Å². The van der Waals surface area contributed by atoms with Gasteiger partial charge in [0.05, 0.1) is 24.8 Å². The van der Waals surface area contributed by atoms with Crippen molar-refractivity contribution < 1.29 is 9.53 Å². The fraction of sp³-hybridized carbons (Fsp3) is 0.583. The minimum atomic E-state index is -0.285. The molecule has 2 heterocycles. The second kappa shape index (κ2) is 5.23. The van der Waals surface area contributed by atoms with Gasteiger partial charge in [0.15, 0.2) is 0 Å². The molecule has 1 aromatic rings. The number of halogens is 2. The Balaban J connectivity index is 2.21. The quantitative estimate of drug-likeness (QED) is 0.720. The molecule has 2 rings (SSSR count). The summed E-state index contributed by atoms with van der Waals surface area (Å²) in [6, 6.07) is 1.87. The molecule has 1 unspecified atom stereocenters. The van der Waals surface area contributed by atoms with Crippen LogP contribution in [0, 0.1) is 0 Å². The number of nitrogens with zero attached hydrogens (tertiary/aromatic N) is 1. The third-order valence-electron chi connectivity index (χ3n) is 2.74. The first-order valence-electron chi connectivity index (χ1n) is 5.70. The van der Waals surface area contributed by atoms with Crippen molar-refractivity contribution >= 4 is 49.1 Å². The predicted octanol–water partition coefficient (Wildman–Crippen LogP) is 3.91. The summed E-state index contributed by atoms with van der Waals surface area (Å²) in [5.74, 6) is 0.0621. The Morgan fingerprint density at radius 1 is 1.56 bits per heavy atom. The van der Waals surface area contributed by atoms with Crippen LogP contribution in [0.15, 0.2) is 13.6 Å². The zero-order valence-corrected chi connectivity index (χ0v) is 14.5. The number of rotatable bonds is 1. The summed E-state index contributed by atoms with van der Waals surface area (Å²) < 4.78 is 7.64. The lowest BCUT2D eigenvalue weighted by Crippen LogP contribution is -2.53. The van der Waals surface area contributed by atoms with Crippen LogP contribution >= 0.6 is 43.2 Å². The number of amides is 1. The molecule has 0 saturated carbocycles. The van der Waals surface area contributed by atoms with E-state index in [9.17, 15) is 4.79 Å². The molecule has 0 aliphatic carbocycles. The number of hydrogen-bond acceptors (Lipinski definition) is 3. The van der Waals surface area contributed by atoms with Gasteiger partial charge in [0.1, 0.15) is 0 Å². The second-order valence-electron chi connectivity index (χ2n) is 5.11. The predicted molar refractivity (Wildman–Crippen MR) is 80.2 cm³/mol. The Labute approximate surface area is 128 Å². The van der Waals surface area contributed by atoms with E-state index < -0.39 is 0 Å². The third-order valence-corrected chi connectivity index (χ3v) is 5.08. The Morgan fingerprint density at radius 2 is 2.22 bits per heavy atom. The van der Waals surface area contributed by atoms with E-state index in [4.69, 9.17) is 4.74 Å². The Bertz CT molecular complexity index is 473. The highest BCUT2D eigenvalue weighted by Gasteiger charge is 2.34. The van der Waals surface area contributed by atoms with Crippen molar-refractivity contribution in [2.75, 3.05) is 13.1 Å². The summed E-state index contributed by atoms with van der Waals surface area (Å²) in [5.41, 5.74) is 0.435. The lowest BCUT2D eigenvalue weighted by atomic mass is 10.0. The van der Waals surface area contributed by atoms with Gasteiger partial charge in [-0.25, -0.2) is 0 Å². The molecule has 0 spiro atoms. The summed E-state index contributed by atoms with van der Waals surface area (Å²) in [6.07, 6.45) is 0.0681. The SMILES string of the molecule is CC1CN(C(=O)c2cc(Br)sc2Br)CC(C)(C)O1. The number of hydrogen-bond donors (Lipinski definition) is 0. The fourth-order valence-electron chi connectivity index (χ4n) is 2.26. The highest BCUT2D eigenvalue weighted by molar-refractivity contribution is 9.12. The molecule has 1 aliphatic heterocycles. The van der Waals surface area contributed by atoms with Gasteiger partial charge in [-0.3, -0.25) is 4.79 Å². The lowest BCUT2D eigenvalue weighted by Gasteiger charge is -2.41. The van der Waals surface area contributed by atoms with Crippen molar-refractivity contribution in [3.63, 3.8) is 0 Å². The zero-order chi connectivity index (χ0) is 13.5. The van der Waals surface area contributed by atoms with Crippen molar-refractivity contribution in [2.45, 2.75) is 32.5 Å². The summed E-state index contributed by atoms with van der Waals surface area (Å²) in [5, 5.41) is 0. The van der Waals surface area contributed by atoms with Gasteiger partial charge in [-0.05, 0) is 58.7 Å². The average Bonchev–Trinajstić information content (AvgIpc) is 2.53. The maximum Gasteiger partial charge on any atom is 0.256 e. The van der Waals surface area contributed by atoms with Crippen LogP contribution in [-0.4, -0.2) is 35.6 Å². The van der Waals surface area contributed by atoms with Gasteiger partial charge in [0.2, 0.25) is 0 Å². The maximum absolute atomic E-state index is 12.5. The molecule has 0 bridgehead atoms. The second-order valence-corrected chi connectivity index (χ2v) is 8.86. The van der Waals surface area contributed by atoms with E-state index in [1.807, 2.05) is 31.7 Å².